The van der Waals surface area contributed by atoms with E-state index >= 15 is 0 Å². The number of rotatable bonds is 4. The van der Waals surface area contributed by atoms with Crippen molar-refractivity contribution in [1.82, 2.24) is 0 Å². The van der Waals surface area contributed by atoms with Crippen LogP contribution >= 0.6 is 0 Å². The summed E-state index contributed by atoms with van der Waals surface area (Å²) in [6.45, 7) is 1.92. The predicted molar refractivity (Wildman–Crippen MR) is 109 cm³/mol. The second-order valence-electron chi connectivity index (χ2n) is 7.98. The summed E-state index contributed by atoms with van der Waals surface area (Å²) in [6.07, 6.45) is 4.97. The Bertz CT molecular complexity index is 1110. The van der Waals surface area contributed by atoms with Crippen LogP contribution in [0.15, 0.2) is 65.6 Å². The van der Waals surface area contributed by atoms with Crippen LogP contribution in [0.3, 0.4) is 0 Å². The summed E-state index contributed by atoms with van der Waals surface area (Å²) < 4.78 is 27.8. The third-order valence-electron chi connectivity index (χ3n) is 6.18. The average Bonchev–Trinajstić information content (AvgIpc) is 3.37. The SMILES string of the molecule is Cc1ccc(NS(=O)(=O)c2ccc(N3C(=O)[C@@H]4[C@H]5C=CC(C5)[C@@H]4C3=O)cc2)cc1. The van der Waals surface area contributed by atoms with Gasteiger partial charge in [0.1, 0.15) is 0 Å². The van der Waals surface area contributed by atoms with Crippen molar-refractivity contribution in [2.24, 2.45) is 23.7 Å². The minimum absolute atomic E-state index is 0.0721. The Labute approximate surface area is 169 Å². The fraction of sp³-hybridized carbons (Fsp3) is 0.273. The fourth-order valence-corrected chi connectivity index (χ4v) is 5.83. The highest BCUT2D eigenvalue weighted by Gasteiger charge is 2.59. The van der Waals surface area contributed by atoms with Crippen LogP contribution in [-0.2, 0) is 19.6 Å². The monoisotopic (exact) mass is 408 g/mol. The summed E-state index contributed by atoms with van der Waals surface area (Å²) in [7, 11) is -3.76. The molecule has 2 fully saturated rings. The normalized spacial score (nSPS) is 27.6. The van der Waals surface area contributed by atoms with Crippen LogP contribution in [0.25, 0.3) is 0 Å². The molecule has 29 heavy (non-hydrogen) atoms. The van der Waals surface area contributed by atoms with Crippen LogP contribution < -0.4 is 9.62 Å². The smallest absolute Gasteiger partial charge is 0.261 e. The molecule has 1 saturated carbocycles. The van der Waals surface area contributed by atoms with Gasteiger partial charge in [-0.05, 0) is 61.6 Å². The topological polar surface area (TPSA) is 83.6 Å². The molecule has 5 rings (SSSR count). The molecular formula is C22H20N2O4S. The number of nitrogens with one attached hydrogen (secondary N) is 1. The van der Waals surface area contributed by atoms with Crippen LogP contribution in [0.1, 0.15) is 12.0 Å². The molecule has 4 atom stereocenters. The third-order valence-corrected chi connectivity index (χ3v) is 7.58. The maximum Gasteiger partial charge on any atom is 0.261 e. The van der Waals surface area contributed by atoms with Gasteiger partial charge in [-0.15, -0.1) is 0 Å². The van der Waals surface area contributed by atoms with Gasteiger partial charge in [0.15, 0.2) is 0 Å². The Hall–Kier alpha value is -2.93. The summed E-state index contributed by atoms with van der Waals surface area (Å²) >= 11 is 0. The predicted octanol–water partition coefficient (Wildman–Crippen LogP) is 3.11. The molecule has 7 heteroatoms. The van der Waals surface area contributed by atoms with E-state index in [4.69, 9.17) is 0 Å². The number of aryl methyl sites for hydroxylation is 1. The summed E-state index contributed by atoms with van der Waals surface area (Å²) in [5.41, 5.74) is 1.93. The van der Waals surface area contributed by atoms with Gasteiger partial charge in [-0.25, -0.2) is 8.42 Å². The first-order valence-electron chi connectivity index (χ1n) is 9.61. The van der Waals surface area contributed by atoms with Crippen LogP contribution in [0, 0.1) is 30.6 Å². The van der Waals surface area contributed by atoms with Gasteiger partial charge in [-0.3, -0.25) is 19.2 Å². The first-order chi connectivity index (χ1) is 13.8. The van der Waals surface area contributed by atoms with Crippen molar-refractivity contribution in [3.05, 3.63) is 66.2 Å². The number of carbonyl (C=O) groups excluding carboxylic acids is 2. The molecule has 2 aromatic rings. The Kier molecular flexibility index (Phi) is 3.93. The first-order valence-corrected chi connectivity index (χ1v) is 11.1. The second-order valence-corrected chi connectivity index (χ2v) is 9.66. The standard InChI is InChI=1S/C22H20N2O4S/c1-13-2-6-16(7-3-13)23-29(27,28)18-10-8-17(9-11-18)24-21(25)19-14-4-5-15(12-14)20(19)22(24)26/h2-11,14-15,19-20,23H,12H2,1H3/t14-,15?,19+,20-/m0/s1. The molecule has 1 aliphatic heterocycles. The van der Waals surface area contributed by atoms with E-state index in [1.165, 1.54) is 29.2 Å². The zero-order valence-electron chi connectivity index (χ0n) is 15.8. The van der Waals surface area contributed by atoms with E-state index in [9.17, 15) is 18.0 Å². The molecule has 0 spiro atoms. The van der Waals surface area contributed by atoms with E-state index in [-0.39, 0.29) is 40.4 Å². The Morgan fingerprint density at radius 1 is 0.862 bits per heavy atom. The van der Waals surface area contributed by atoms with E-state index in [1.54, 1.807) is 12.1 Å². The molecule has 1 saturated heterocycles. The molecule has 1 heterocycles. The largest absolute Gasteiger partial charge is 0.280 e. The Morgan fingerprint density at radius 2 is 1.41 bits per heavy atom. The summed E-state index contributed by atoms with van der Waals surface area (Å²) in [6, 6.07) is 12.9. The van der Waals surface area contributed by atoms with Crippen LogP contribution in [0.4, 0.5) is 11.4 Å². The van der Waals surface area contributed by atoms with Gasteiger partial charge in [0.25, 0.3) is 10.0 Å². The van der Waals surface area contributed by atoms with Crippen molar-refractivity contribution in [3.8, 4) is 0 Å². The van der Waals surface area contributed by atoms with Crippen molar-refractivity contribution in [2.75, 3.05) is 9.62 Å². The van der Waals surface area contributed by atoms with E-state index in [0.29, 0.717) is 11.4 Å². The average molecular weight is 408 g/mol. The van der Waals surface area contributed by atoms with E-state index in [2.05, 4.69) is 4.72 Å². The number of carbonyl (C=O) groups is 2. The highest BCUT2D eigenvalue weighted by molar-refractivity contribution is 7.92. The van der Waals surface area contributed by atoms with Gasteiger partial charge in [0, 0.05) is 5.69 Å². The highest BCUT2D eigenvalue weighted by atomic mass is 32.2. The second kappa shape index (κ2) is 6.29. The lowest BCUT2D eigenvalue weighted by molar-refractivity contribution is -0.123. The summed E-state index contributed by atoms with van der Waals surface area (Å²) in [4.78, 5) is 27.1. The van der Waals surface area contributed by atoms with Crippen molar-refractivity contribution in [2.45, 2.75) is 18.2 Å². The molecule has 2 aliphatic carbocycles. The lowest BCUT2D eigenvalue weighted by atomic mass is 9.85. The lowest BCUT2D eigenvalue weighted by Crippen LogP contribution is -2.32. The van der Waals surface area contributed by atoms with Crippen molar-refractivity contribution in [1.29, 1.82) is 0 Å². The Morgan fingerprint density at radius 3 is 1.97 bits per heavy atom. The van der Waals surface area contributed by atoms with Gasteiger partial charge >= 0.3 is 0 Å². The number of hydrogen-bond acceptors (Lipinski definition) is 4. The quantitative estimate of drug-likeness (QED) is 0.622. The zero-order valence-corrected chi connectivity index (χ0v) is 16.6. The van der Waals surface area contributed by atoms with E-state index in [1.807, 2.05) is 31.2 Å². The number of anilines is 2. The molecule has 2 aromatic carbocycles. The molecular weight excluding hydrogens is 388 g/mol. The van der Waals surface area contributed by atoms with Crippen molar-refractivity contribution < 1.29 is 18.0 Å². The maximum atomic E-state index is 12.9. The lowest BCUT2D eigenvalue weighted by Gasteiger charge is -2.17. The number of imide groups is 1. The number of fused-ring (bicyclic) bond motifs is 5. The molecule has 1 unspecified atom stereocenters. The number of sulfonamides is 1. The number of amides is 2. The molecule has 2 amide bonds. The minimum atomic E-state index is -3.76. The maximum absolute atomic E-state index is 12.9. The minimum Gasteiger partial charge on any atom is -0.280 e. The van der Waals surface area contributed by atoms with Gasteiger partial charge in [0.05, 0.1) is 22.4 Å². The molecule has 148 valence electrons. The van der Waals surface area contributed by atoms with Gasteiger partial charge in [0.2, 0.25) is 11.8 Å². The van der Waals surface area contributed by atoms with Gasteiger partial charge < -0.3 is 0 Å². The van der Waals surface area contributed by atoms with Crippen LogP contribution in [0.5, 0.6) is 0 Å². The first kappa shape index (κ1) is 18.1. The fourth-order valence-electron chi connectivity index (χ4n) is 4.77. The molecule has 1 N–H and O–H groups in total. The molecule has 2 bridgehead atoms. The number of hydrogen-bond donors (Lipinski definition) is 1. The highest BCUT2D eigenvalue weighted by Crippen LogP contribution is 2.53. The van der Waals surface area contributed by atoms with Crippen molar-refractivity contribution in [3.63, 3.8) is 0 Å². The summed E-state index contributed by atoms with van der Waals surface area (Å²) in [5, 5.41) is 0. The molecule has 3 aliphatic rings. The number of nitrogens with zero attached hydrogens (tertiary/aromatic N) is 1. The van der Waals surface area contributed by atoms with Gasteiger partial charge in [-0.2, -0.15) is 0 Å². The van der Waals surface area contributed by atoms with Crippen molar-refractivity contribution >= 4 is 33.2 Å². The number of allylic oxidation sites excluding steroid dienone is 2. The van der Waals surface area contributed by atoms with Crippen LogP contribution in [0.2, 0.25) is 0 Å². The van der Waals surface area contributed by atoms with E-state index in [0.717, 1.165) is 12.0 Å². The molecule has 0 radical (unpaired) electrons. The molecule has 6 nitrogen and oxygen atoms in total. The zero-order chi connectivity index (χ0) is 20.3. The van der Waals surface area contributed by atoms with E-state index < -0.39 is 10.0 Å². The Balaban J connectivity index is 1.39. The number of benzene rings is 2. The molecule has 0 aromatic heterocycles. The van der Waals surface area contributed by atoms with Crippen LogP contribution in [-0.4, -0.2) is 20.2 Å². The third kappa shape index (κ3) is 2.80. The summed E-state index contributed by atoms with van der Waals surface area (Å²) in [5.74, 6) is -0.613. The van der Waals surface area contributed by atoms with Gasteiger partial charge in [-0.1, -0.05) is 29.8 Å².